The Hall–Kier alpha value is -7.96. The van der Waals surface area contributed by atoms with E-state index in [1.54, 1.807) is 41.5 Å². The Balaban J connectivity index is 1.24. The average Bonchev–Trinajstić information content (AvgIpc) is 1.10. The molecule has 330 valence electrons. The molecule has 3 aliphatic heterocycles. The molecule has 15 rings (SSSR count). The fourth-order valence-corrected chi connectivity index (χ4v) is 10.3. The normalized spacial score (nSPS) is 19.6. The zero-order valence-corrected chi connectivity index (χ0v) is 37.8. The zero-order chi connectivity index (χ0) is 70.8. The van der Waals surface area contributed by atoms with Gasteiger partial charge in [0.15, 0.2) is 0 Å². The van der Waals surface area contributed by atoms with Gasteiger partial charge in [0.25, 0.3) is 6.71 Å². The van der Waals surface area contributed by atoms with Gasteiger partial charge in [0, 0.05) is 49.7 Å². The SMILES string of the molecule is [2H]c1c([2H])c2c3c(c1[2H])-n1c4c([2H])c([2H])c([2H])c([2H])c4c4c([2H])c([2H])c([2H])c(c41)N3c1c([2H])c(C)c([2H])c3c1B2c1c([2H])c([2H])c(-n2c4c([2H])c([2H])c(C(C)(C)C)c([2H])c4c4c([2H])c(C(C)(C)C)c([2H])c([2H])c42)c([2H])c1N3c1c([2H])c([2H])c([2H])c2oc3c([2H])c([2H])c([2H])c([2H])c3c12. The summed E-state index contributed by atoms with van der Waals surface area (Å²) in [5.74, 6) is 0. The van der Waals surface area contributed by atoms with Crippen molar-refractivity contribution in [1.29, 1.82) is 0 Å². The second-order valence-electron chi connectivity index (χ2n) is 19.6. The molecule has 12 aromatic rings. The first-order valence-corrected chi connectivity index (χ1v) is 22.2. The number of nitrogens with zero attached hydrogens (tertiary/aromatic N) is 4. The van der Waals surface area contributed by atoms with Gasteiger partial charge in [-0.15, -0.1) is 0 Å². The summed E-state index contributed by atoms with van der Waals surface area (Å²) in [5.41, 5.74) is -10.6. The van der Waals surface area contributed by atoms with Gasteiger partial charge in [0.1, 0.15) is 11.2 Å². The lowest BCUT2D eigenvalue weighted by Crippen LogP contribution is -2.61. The Labute approximate surface area is 440 Å². The molecule has 0 radical (unpaired) electrons. The molecule has 0 N–H and O–H groups in total. The number of fused-ring (bicyclic) bond motifs is 15. The average molecular weight is 917 g/mol. The molecule has 0 fully saturated rings. The lowest BCUT2D eigenvalue weighted by Gasteiger charge is -2.46. The lowest BCUT2D eigenvalue weighted by atomic mass is 9.33. The van der Waals surface area contributed by atoms with Gasteiger partial charge >= 0.3 is 0 Å². The van der Waals surface area contributed by atoms with E-state index in [0.717, 1.165) is 14.0 Å². The minimum atomic E-state index is -1.96. The topological polar surface area (TPSA) is 29.5 Å². The summed E-state index contributed by atoms with van der Waals surface area (Å²) < 4.78 is 281. The minimum Gasteiger partial charge on any atom is -0.456 e. The summed E-state index contributed by atoms with van der Waals surface area (Å²) in [5, 5.41) is -2.08. The third-order valence-electron chi connectivity index (χ3n) is 13.3. The minimum absolute atomic E-state index is 0.0275. The highest BCUT2D eigenvalue weighted by Crippen LogP contribution is 2.53. The highest BCUT2D eigenvalue weighted by Gasteiger charge is 2.46. The molecule has 3 aliphatic rings. The van der Waals surface area contributed by atoms with Crippen LogP contribution in [0.4, 0.5) is 34.1 Å². The van der Waals surface area contributed by atoms with Gasteiger partial charge in [0.2, 0.25) is 0 Å². The van der Waals surface area contributed by atoms with Crippen LogP contribution in [0, 0.1) is 6.92 Å². The Kier molecular flexibility index (Phi) is 3.96. The van der Waals surface area contributed by atoms with Crippen molar-refractivity contribution in [2.45, 2.75) is 59.3 Å². The standard InChI is InChI=1S/C63H49BN4O/c1-36-31-54-59-55(32-36)68-51-21-12-17-41-40-15-8-10-19-47(40)67(60(41)51)52-22-13-18-46(61(52)68)64(59)45-28-27-39(35-53(45)66(54)50-20-14-24-57-58(50)42-16-9-11-23-56(42)69-57)65-48-29-25-37(62(2,3)4)33-43(48)44-34-38(63(5,6)7)26-30-49(44)65/h8-35H,1-7H3/i8D,9D,10D,11D,12D,13D,14D,15D,16D,17D,18D,19D,20D,21D,22D,23D,24D,25D,26D,27D,28D,29D,30D,31D,32D,33D,34D,35D. The quantitative estimate of drug-likeness (QED) is 0.162. The maximum atomic E-state index is 11.1. The molecule has 0 amide bonds. The Morgan fingerprint density at radius 3 is 1.81 bits per heavy atom. The van der Waals surface area contributed by atoms with Crippen molar-refractivity contribution in [3.05, 3.63) is 186 Å². The van der Waals surface area contributed by atoms with E-state index in [0.29, 0.717) is 0 Å². The molecule has 0 atom stereocenters. The van der Waals surface area contributed by atoms with Crippen LogP contribution in [0.25, 0.3) is 76.9 Å². The molecule has 5 nitrogen and oxygen atoms in total. The summed E-state index contributed by atoms with van der Waals surface area (Å²) in [4.78, 5) is 2.18. The van der Waals surface area contributed by atoms with E-state index in [1.165, 1.54) is 11.8 Å². The molecule has 9 aromatic carbocycles. The van der Waals surface area contributed by atoms with Crippen molar-refractivity contribution in [1.82, 2.24) is 9.13 Å². The number of hydrogen-bond donors (Lipinski definition) is 0. The third-order valence-corrected chi connectivity index (χ3v) is 13.3. The van der Waals surface area contributed by atoms with E-state index in [4.69, 9.17) is 11.3 Å². The number of rotatable bonds is 2. The van der Waals surface area contributed by atoms with Crippen LogP contribution in [0.15, 0.2) is 174 Å². The Bertz CT molecular complexity index is 5850. The van der Waals surface area contributed by atoms with E-state index in [2.05, 4.69) is 0 Å². The first-order chi connectivity index (χ1) is 45.1. The van der Waals surface area contributed by atoms with Gasteiger partial charge in [-0.1, -0.05) is 126 Å². The number of para-hydroxylation sites is 4. The van der Waals surface area contributed by atoms with Gasteiger partial charge in [0.05, 0.1) is 88.6 Å². The van der Waals surface area contributed by atoms with Crippen molar-refractivity contribution in [2.24, 2.45) is 0 Å². The van der Waals surface area contributed by atoms with Crippen LogP contribution in [0.3, 0.4) is 0 Å². The first kappa shape index (κ1) is 20.7. The molecule has 0 saturated carbocycles. The summed E-state index contributed by atoms with van der Waals surface area (Å²) >= 11 is 0. The summed E-state index contributed by atoms with van der Waals surface area (Å²) in [7, 11) is 0. The van der Waals surface area contributed by atoms with Gasteiger partial charge in [-0.3, -0.25) is 0 Å². The third kappa shape index (κ3) is 5.11. The molecule has 0 spiro atoms. The maximum absolute atomic E-state index is 11.1. The molecule has 6 heterocycles. The van der Waals surface area contributed by atoms with Crippen LogP contribution in [0.5, 0.6) is 0 Å². The van der Waals surface area contributed by atoms with E-state index in [9.17, 15) is 31.5 Å². The molecule has 0 unspecified atom stereocenters. The van der Waals surface area contributed by atoms with Crippen molar-refractivity contribution >= 4 is 123 Å². The van der Waals surface area contributed by atoms with Crippen LogP contribution in [-0.4, -0.2) is 15.8 Å². The van der Waals surface area contributed by atoms with Crippen LogP contribution >= 0.6 is 0 Å². The van der Waals surface area contributed by atoms with Gasteiger partial charge in [-0.05, 0) is 135 Å². The van der Waals surface area contributed by atoms with Crippen molar-refractivity contribution in [3.8, 4) is 11.4 Å². The monoisotopic (exact) mass is 917 g/mol. The first-order valence-electron chi connectivity index (χ1n) is 36.2. The molecule has 0 aliphatic carbocycles. The number of furan rings is 1. The summed E-state index contributed by atoms with van der Waals surface area (Å²) in [6, 6.07) is -20.8. The smallest absolute Gasteiger partial charge is 0.252 e. The van der Waals surface area contributed by atoms with Crippen LogP contribution in [0.1, 0.15) is 96.6 Å². The second kappa shape index (κ2) is 13.2. The van der Waals surface area contributed by atoms with Crippen molar-refractivity contribution in [2.75, 3.05) is 9.80 Å². The molecule has 0 saturated heterocycles. The van der Waals surface area contributed by atoms with E-state index in [1.807, 2.05) is 0 Å². The molecular formula is C63H49BN4O. The van der Waals surface area contributed by atoms with Crippen molar-refractivity contribution in [3.63, 3.8) is 0 Å². The van der Waals surface area contributed by atoms with E-state index < -0.39 is 253 Å². The van der Waals surface area contributed by atoms with Gasteiger partial charge in [-0.2, -0.15) is 0 Å². The molecule has 0 bridgehead atoms. The summed E-state index contributed by atoms with van der Waals surface area (Å²) in [6.07, 6.45) is 0. The maximum Gasteiger partial charge on any atom is 0.252 e. The molecule has 69 heavy (non-hydrogen) atoms. The van der Waals surface area contributed by atoms with Gasteiger partial charge in [-0.25, -0.2) is 0 Å². The van der Waals surface area contributed by atoms with Crippen LogP contribution in [-0.2, 0) is 10.8 Å². The van der Waals surface area contributed by atoms with E-state index in [-0.39, 0.29) is 78.2 Å². The zero-order valence-electron chi connectivity index (χ0n) is 65.8. The Morgan fingerprint density at radius 2 is 1.06 bits per heavy atom. The summed E-state index contributed by atoms with van der Waals surface area (Å²) in [6.45, 7) is 9.57. The number of hydrogen-bond acceptors (Lipinski definition) is 3. The van der Waals surface area contributed by atoms with Crippen LogP contribution in [0.2, 0.25) is 0 Å². The lowest BCUT2D eigenvalue weighted by molar-refractivity contribution is 0.590. The largest absolute Gasteiger partial charge is 0.456 e. The fraction of sp³-hybridized carbons (Fsp3) is 0.143. The second-order valence-corrected chi connectivity index (χ2v) is 19.6. The number of aromatic nitrogens is 2. The predicted octanol–water partition coefficient (Wildman–Crippen LogP) is 15.1. The highest BCUT2D eigenvalue weighted by atomic mass is 16.3. The number of anilines is 6. The fourth-order valence-electron chi connectivity index (χ4n) is 10.3. The highest BCUT2D eigenvalue weighted by molar-refractivity contribution is 7.00. The van der Waals surface area contributed by atoms with Crippen molar-refractivity contribution < 1.29 is 42.8 Å². The van der Waals surface area contributed by atoms with E-state index >= 15 is 0 Å². The predicted molar refractivity (Wildman–Crippen MR) is 292 cm³/mol. The molecular weight excluding hydrogens is 840 g/mol. The van der Waals surface area contributed by atoms with Gasteiger partial charge < -0.3 is 23.4 Å². The molecule has 6 heteroatoms. The molecule has 3 aromatic heterocycles. The Morgan fingerprint density at radius 1 is 0.449 bits per heavy atom. The van der Waals surface area contributed by atoms with Crippen LogP contribution < -0.4 is 26.2 Å². The number of benzene rings is 9.